The van der Waals surface area contributed by atoms with Crippen LogP contribution in [-0.2, 0) is 0 Å². The van der Waals surface area contributed by atoms with E-state index < -0.39 is 0 Å². The Balaban J connectivity index is 2.48. The fourth-order valence-corrected chi connectivity index (χ4v) is 1.58. The number of aromatic nitrogens is 2. The summed E-state index contributed by atoms with van der Waals surface area (Å²) in [6, 6.07) is 5.24. The second-order valence-corrected chi connectivity index (χ2v) is 3.73. The maximum absolute atomic E-state index is 10.5. The molecule has 2 rings (SSSR count). The molecule has 0 saturated carbocycles. The van der Waals surface area contributed by atoms with Gasteiger partial charge in [0.2, 0.25) is 0 Å². The summed E-state index contributed by atoms with van der Waals surface area (Å²) in [5, 5.41) is 0.586. The van der Waals surface area contributed by atoms with Crippen molar-refractivity contribution in [3.05, 3.63) is 41.3 Å². The van der Waals surface area contributed by atoms with Crippen LogP contribution >= 0.6 is 11.6 Å². The predicted molar refractivity (Wildman–Crippen MR) is 64.4 cm³/mol. The van der Waals surface area contributed by atoms with Gasteiger partial charge in [-0.2, -0.15) is 0 Å². The highest BCUT2D eigenvalue weighted by molar-refractivity contribution is 6.30. The van der Waals surface area contributed by atoms with Crippen molar-refractivity contribution in [3.8, 4) is 17.0 Å². The van der Waals surface area contributed by atoms with E-state index in [0.29, 0.717) is 28.4 Å². The molecular formula is C12H9ClN2O2. The van der Waals surface area contributed by atoms with Crippen molar-refractivity contribution >= 4 is 17.9 Å². The quantitative estimate of drug-likeness (QED) is 0.784. The summed E-state index contributed by atoms with van der Waals surface area (Å²) >= 11 is 5.87. The second kappa shape index (κ2) is 4.93. The van der Waals surface area contributed by atoms with Crippen LogP contribution < -0.4 is 4.74 Å². The second-order valence-electron chi connectivity index (χ2n) is 3.29. The molecule has 0 N–H and O–H groups in total. The van der Waals surface area contributed by atoms with Crippen LogP contribution in [0.2, 0.25) is 5.02 Å². The highest BCUT2D eigenvalue weighted by atomic mass is 35.5. The van der Waals surface area contributed by atoms with E-state index in [1.807, 2.05) is 0 Å². The number of aldehydes is 1. The highest BCUT2D eigenvalue weighted by Gasteiger charge is 2.08. The topological polar surface area (TPSA) is 52.1 Å². The van der Waals surface area contributed by atoms with Crippen LogP contribution in [0.3, 0.4) is 0 Å². The fourth-order valence-electron chi connectivity index (χ4n) is 1.41. The zero-order chi connectivity index (χ0) is 12.3. The average molecular weight is 249 g/mol. The van der Waals surface area contributed by atoms with Crippen molar-refractivity contribution < 1.29 is 9.53 Å². The van der Waals surface area contributed by atoms with Gasteiger partial charge in [0.05, 0.1) is 25.2 Å². The molecule has 0 saturated heterocycles. The normalized spacial score (nSPS) is 10.0. The van der Waals surface area contributed by atoms with Gasteiger partial charge in [-0.1, -0.05) is 11.6 Å². The van der Waals surface area contributed by atoms with Gasteiger partial charge in [-0.3, -0.25) is 9.78 Å². The van der Waals surface area contributed by atoms with E-state index in [2.05, 4.69) is 9.97 Å². The molecule has 0 amide bonds. The van der Waals surface area contributed by atoms with Gasteiger partial charge in [-0.05, 0) is 18.2 Å². The molecule has 5 heteroatoms. The van der Waals surface area contributed by atoms with Crippen molar-refractivity contribution in [3.63, 3.8) is 0 Å². The number of carbonyl (C=O) groups is 1. The maximum atomic E-state index is 10.5. The van der Waals surface area contributed by atoms with Gasteiger partial charge >= 0.3 is 0 Å². The smallest absolute Gasteiger partial charge is 0.170 e. The first-order valence-corrected chi connectivity index (χ1v) is 5.23. The number of ether oxygens (including phenoxy) is 1. The van der Waals surface area contributed by atoms with E-state index in [1.165, 1.54) is 12.4 Å². The first-order chi connectivity index (χ1) is 8.24. The van der Waals surface area contributed by atoms with Gasteiger partial charge in [-0.15, -0.1) is 0 Å². The molecule has 0 aliphatic rings. The van der Waals surface area contributed by atoms with Gasteiger partial charge in [-0.25, -0.2) is 4.98 Å². The summed E-state index contributed by atoms with van der Waals surface area (Å²) in [5.41, 5.74) is 1.70. The summed E-state index contributed by atoms with van der Waals surface area (Å²) < 4.78 is 5.22. The van der Waals surface area contributed by atoms with Crippen LogP contribution in [0.5, 0.6) is 5.75 Å². The third-order valence-corrected chi connectivity index (χ3v) is 2.47. The molecule has 17 heavy (non-hydrogen) atoms. The molecule has 86 valence electrons. The maximum Gasteiger partial charge on any atom is 0.170 e. The lowest BCUT2D eigenvalue weighted by Crippen LogP contribution is -1.93. The molecule has 4 nitrogen and oxygen atoms in total. The van der Waals surface area contributed by atoms with Crippen LogP contribution in [0.15, 0.2) is 30.6 Å². The molecule has 0 aliphatic heterocycles. The number of rotatable bonds is 3. The fraction of sp³-hybridized carbons (Fsp3) is 0.0833. The first-order valence-electron chi connectivity index (χ1n) is 4.85. The first kappa shape index (κ1) is 11.5. The summed E-state index contributed by atoms with van der Waals surface area (Å²) in [6.45, 7) is 0. The van der Waals surface area contributed by atoms with Gasteiger partial charge in [0.1, 0.15) is 11.4 Å². The minimum Gasteiger partial charge on any atom is -0.496 e. The Morgan fingerprint density at radius 3 is 2.71 bits per heavy atom. The number of methoxy groups -OCH3 is 1. The minimum absolute atomic E-state index is 0.293. The standard InChI is InChI=1S/C12H9ClN2O2/c1-17-12-4-8(13)2-3-10(12)11-6-14-9(7-16)5-15-11/h2-7H,1H3. The Morgan fingerprint density at radius 1 is 1.29 bits per heavy atom. The van der Waals surface area contributed by atoms with Crippen molar-refractivity contribution in [1.82, 2.24) is 9.97 Å². The molecule has 1 aromatic heterocycles. The number of hydrogen-bond acceptors (Lipinski definition) is 4. The summed E-state index contributed by atoms with van der Waals surface area (Å²) in [5.74, 6) is 0.616. The van der Waals surface area contributed by atoms with E-state index in [-0.39, 0.29) is 0 Å². The average Bonchev–Trinajstić information content (AvgIpc) is 2.39. The van der Waals surface area contributed by atoms with Crippen molar-refractivity contribution in [1.29, 1.82) is 0 Å². The Morgan fingerprint density at radius 2 is 2.12 bits per heavy atom. The van der Waals surface area contributed by atoms with E-state index in [9.17, 15) is 4.79 Å². The highest BCUT2D eigenvalue weighted by Crippen LogP contribution is 2.30. The number of carbonyl (C=O) groups excluding carboxylic acids is 1. The minimum atomic E-state index is 0.293. The van der Waals surface area contributed by atoms with Crippen LogP contribution in [0, 0.1) is 0 Å². The van der Waals surface area contributed by atoms with E-state index in [4.69, 9.17) is 16.3 Å². The van der Waals surface area contributed by atoms with Crippen LogP contribution in [-0.4, -0.2) is 23.4 Å². The molecule has 2 aromatic rings. The lowest BCUT2D eigenvalue weighted by atomic mass is 10.1. The van der Waals surface area contributed by atoms with E-state index in [0.717, 1.165) is 5.56 Å². The Bertz CT molecular complexity index is 541. The molecule has 0 fully saturated rings. The number of halogens is 1. The number of nitrogens with zero attached hydrogens (tertiary/aromatic N) is 2. The molecule has 0 radical (unpaired) electrons. The van der Waals surface area contributed by atoms with Gasteiger partial charge < -0.3 is 4.74 Å². The third-order valence-electron chi connectivity index (χ3n) is 2.23. The van der Waals surface area contributed by atoms with E-state index in [1.54, 1.807) is 25.3 Å². The molecule has 1 aromatic carbocycles. The third kappa shape index (κ3) is 2.42. The van der Waals surface area contributed by atoms with Crippen molar-refractivity contribution in [2.45, 2.75) is 0 Å². The van der Waals surface area contributed by atoms with Gasteiger partial charge in [0, 0.05) is 10.6 Å². The molecule has 0 aliphatic carbocycles. The van der Waals surface area contributed by atoms with Gasteiger partial charge in [0.15, 0.2) is 6.29 Å². The Kier molecular flexibility index (Phi) is 3.35. The Hall–Kier alpha value is -1.94. The molecule has 0 bridgehead atoms. The summed E-state index contributed by atoms with van der Waals surface area (Å²) in [4.78, 5) is 18.6. The molecule has 0 spiro atoms. The SMILES string of the molecule is COc1cc(Cl)ccc1-c1cnc(C=O)cn1. The summed E-state index contributed by atoms with van der Waals surface area (Å²) in [7, 11) is 1.56. The van der Waals surface area contributed by atoms with Gasteiger partial charge in [0.25, 0.3) is 0 Å². The predicted octanol–water partition coefficient (Wildman–Crippen LogP) is 2.62. The molecule has 0 atom stereocenters. The monoisotopic (exact) mass is 248 g/mol. The van der Waals surface area contributed by atoms with Crippen molar-refractivity contribution in [2.24, 2.45) is 0 Å². The lowest BCUT2D eigenvalue weighted by molar-refractivity contribution is 0.111. The zero-order valence-corrected chi connectivity index (χ0v) is 9.81. The van der Waals surface area contributed by atoms with Crippen LogP contribution in [0.1, 0.15) is 10.5 Å². The molecule has 0 unspecified atom stereocenters. The largest absolute Gasteiger partial charge is 0.496 e. The van der Waals surface area contributed by atoms with Crippen molar-refractivity contribution in [2.75, 3.05) is 7.11 Å². The summed E-state index contributed by atoms with van der Waals surface area (Å²) in [6.07, 6.45) is 3.59. The lowest BCUT2D eigenvalue weighted by Gasteiger charge is -2.07. The van der Waals surface area contributed by atoms with Crippen LogP contribution in [0.25, 0.3) is 11.3 Å². The Labute approximate surface area is 103 Å². The van der Waals surface area contributed by atoms with Crippen LogP contribution in [0.4, 0.5) is 0 Å². The van der Waals surface area contributed by atoms with E-state index >= 15 is 0 Å². The number of benzene rings is 1. The number of hydrogen-bond donors (Lipinski definition) is 0. The molecule has 1 heterocycles. The molecular weight excluding hydrogens is 240 g/mol. The zero-order valence-electron chi connectivity index (χ0n) is 9.05.